The van der Waals surface area contributed by atoms with E-state index in [1.54, 1.807) is 18.2 Å². The molecular weight excluding hydrogens is 204 g/mol. The molecule has 4 heteroatoms. The van der Waals surface area contributed by atoms with E-state index in [0.717, 1.165) is 25.0 Å². The van der Waals surface area contributed by atoms with E-state index in [-0.39, 0.29) is 11.9 Å². The Hall–Kier alpha value is -1.29. The Bertz CT molecular complexity index is 309. The largest absolute Gasteiger partial charge is 0.467 e. The molecule has 0 aliphatic carbocycles. The Morgan fingerprint density at radius 2 is 2.38 bits per heavy atom. The average molecular weight is 224 g/mol. The Kier molecular flexibility index (Phi) is 5.05. The molecule has 1 rings (SSSR count). The molecule has 1 unspecified atom stereocenters. The minimum atomic E-state index is -0.389. The summed E-state index contributed by atoms with van der Waals surface area (Å²) in [5.41, 5.74) is 5.81. The van der Waals surface area contributed by atoms with Crippen molar-refractivity contribution in [2.24, 2.45) is 5.73 Å². The fourth-order valence-corrected chi connectivity index (χ4v) is 1.54. The summed E-state index contributed by atoms with van der Waals surface area (Å²) >= 11 is 0. The lowest BCUT2D eigenvalue weighted by molar-refractivity contribution is -0.132. The molecule has 16 heavy (non-hydrogen) atoms. The average Bonchev–Trinajstić information content (AvgIpc) is 2.77. The van der Waals surface area contributed by atoms with Gasteiger partial charge in [-0.1, -0.05) is 19.8 Å². The van der Waals surface area contributed by atoms with Gasteiger partial charge in [-0.3, -0.25) is 4.79 Å². The number of nitrogens with zero attached hydrogens (tertiary/aromatic N) is 1. The molecule has 1 aromatic heterocycles. The maximum atomic E-state index is 11.8. The summed E-state index contributed by atoms with van der Waals surface area (Å²) < 4.78 is 5.18. The topological polar surface area (TPSA) is 59.5 Å². The van der Waals surface area contributed by atoms with Gasteiger partial charge >= 0.3 is 0 Å². The van der Waals surface area contributed by atoms with E-state index >= 15 is 0 Å². The van der Waals surface area contributed by atoms with Gasteiger partial charge in [-0.05, 0) is 18.6 Å². The van der Waals surface area contributed by atoms with Gasteiger partial charge in [0, 0.05) is 7.05 Å². The highest BCUT2D eigenvalue weighted by molar-refractivity contribution is 5.81. The van der Waals surface area contributed by atoms with Crippen LogP contribution in [-0.2, 0) is 11.3 Å². The van der Waals surface area contributed by atoms with Crippen molar-refractivity contribution in [1.82, 2.24) is 4.90 Å². The maximum absolute atomic E-state index is 11.8. The zero-order chi connectivity index (χ0) is 12.0. The van der Waals surface area contributed by atoms with Crippen molar-refractivity contribution in [1.29, 1.82) is 0 Å². The van der Waals surface area contributed by atoms with Crippen molar-refractivity contribution in [2.75, 3.05) is 7.05 Å². The van der Waals surface area contributed by atoms with E-state index in [9.17, 15) is 4.79 Å². The lowest BCUT2D eigenvalue weighted by atomic mass is 10.1. The molecule has 4 nitrogen and oxygen atoms in total. The summed E-state index contributed by atoms with van der Waals surface area (Å²) in [6.45, 7) is 2.56. The third kappa shape index (κ3) is 3.70. The fraction of sp³-hybridized carbons (Fsp3) is 0.583. The van der Waals surface area contributed by atoms with Gasteiger partial charge in [-0.2, -0.15) is 0 Å². The second-order valence-corrected chi connectivity index (χ2v) is 4.02. The van der Waals surface area contributed by atoms with Crippen LogP contribution in [0.25, 0.3) is 0 Å². The van der Waals surface area contributed by atoms with Crippen LogP contribution in [0.5, 0.6) is 0 Å². The summed E-state index contributed by atoms with van der Waals surface area (Å²) in [5, 5.41) is 0. The highest BCUT2D eigenvalue weighted by Crippen LogP contribution is 2.07. The minimum Gasteiger partial charge on any atom is -0.467 e. The number of carbonyl (C=O) groups excluding carboxylic acids is 1. The number of furan rings is 1. The van der Waals surface area contributed by atoms with Crippen LogP contribution in [0.15, 0.2) is 22.8 Å². The first-order valence-electron chi connectivity index (χ1n) is 5.68. The van der Waals surface area contributed by atoms with Gasteiger partial charge in [-0.25, -0.2) is 0 Å². The smallest absolute Gasteiger partial charge is 0.239 e. The first kappa shape index (κ1) is 12.8. The van der Waals surface area contributed by atoms with Gasteiger partial charge in [0.15, 0.2) is 0 Å². The van der Waals surface area contributed by atoms with E-state index < -0.39 is 0 Å². The zero-order valence-corrected chi connectivity index (χ0v) is 9.98. The summed E-state index contributed by atoms with van der Waals surface area (Å²) in [6, 6.07) is 3.27. The molecular formula is C12H20N2O2. The van der Waals surface area contributed by atoms with E-state index in [2.05, 4.69) is 6.92 Å². The predicted octanol–water partition coefficient (Wildman–Crippen LogP) is 1.76. The number of likely N-dealkylation sites (N-methyl/N-ethyl adjacent to an activating group) is 1. The maximum Gasteiger partial charge on any atom is 0.239 e. The normalized spacial score (nSPS) is 12.4. The van der Waals surface area contributed by atoms with Gasteiger partial charge < -0.3 is 15.1 Å². The van der Waals surface area contributed by atoms with Crippen LogP contribution in [0.2, 0.25) is 0 Å². The van der Waals surface area contributed by atoms with E-state index in [0.29, 0.717) is 6.54 Å². The number of unbranched alkanes of at least 4 members (excludes halogenated alkanes) is 1. The molecule has 1 amide bonds. The molecule has 90 valence electrons. The second-order valence-electron chi connectivity index (χ2n) is 4.02. The number of rotatable bonds is 6. The van der Waals surface area contributed by atoms with Crippen LogP contribution in [-0.4, -0.2) is 23.9 Å². The summed E-state index contributed by atoms with van der Waals surface area (Å²) in [6.07, 6.45) is 4.40. The summed E-state index contributed by atoms with van der Waals surface area (Å²) in [5.74, 6) is 0.753. The Balaban J connectivity index is 2.41. The predicted molar refractivity (Wildman–Crippen MR) is 62.7 cm³/mol. The molecule has 0 aromatic carbocycles. The van der Waals surface area contributed by atoms with E-state index in [1.165, 1.54) is 0 Å². The number of hydrogen-bond donors (Lipinski definition) is 1. The molecule has 1 aromatic rings. The van der Waals surface area contributed by atoms with Crippen molar-refractivity contribution in [3.05, 3.63) is 24.2 Å². The number of nitrogens with two attached hydrogens (primary N) is 1. The minimum absolute atomic E-state index is 0.0233. The van der Waals surface area contributed by atoms with Gasteiger partial charge in [0.25, 0.3) is 0 Å². The highest BCUT2D eigenvalue weighted by Gasteiger charge is 2.17. The molecule has 0 radical (unpaired) electrons. The van der Waals surface area contributed by atoms with Crippen molar-refractivity contribution >= 4 is 5.91 Å². The van der Waals surface area contributed by atoms with E-state index in [4.69, 9.17) is 10.2 Å². The van der Waals surface area contributed by atoms with Crippen LogP contribution < -0.4 is 5.73 Å². The molecule has 0 aliphatic heterocycles. The standard InChI is InChI=1S/C12H20N2O2/c1-3-4-7-11(13)12(15)14(2)9-10-6-5-8-16-10/h5-6,8,11H,3-4,7,9,13H2,1-2H3. The SMILES string of the molecule is CCCCC(N)C(=O)N(C)Cc1ccco1. The molecule has 0 aliphatic rings. The van der Waals surface area contributed by atoms with Crippen LogP contribution in [0.3, 0.4) is 0 Å². The van der Waals surface area contributed by atoms with Gasteiger partial charge in [-0.15, -0.1) is 0 Å². The Morgan fingerprint density at radius 3 is 2.94 bits per heavy atom. The van der Waals surface area contributed by atoms with Crippen molar-refractivity contribution in [3.8, 4) is 0 Å². The molecule has 0 spiro atoms. The second kappa shape index (κ2) is 6.33. The molecule has 0 fully saturated rings. The lowest BCUT2D eigenvalue weighted by Gasteiger charge is -2.20. The van der Waals surface area contributed by atoms with Gasteiger partial charge in [0.1, 0.15) is 5.76 Å². The van der Waals surface area contributed by atoms with Crippen LogP contribution in [0.1, 0.15) is 31.9 Å². The molecule has 0 saturated carbocycles. The van der Waals surface area contributed by atoms with Gasteiger partial charge in [0.2, 0.25) is 5.91 Å². The fourth-order valence-electron chi connectivity index (χ4n) is 1.54. The summed E-state index contributed by atoms with van der Waals surface area (Å²) in [4.78, 5) is 13.4. The van der Waals surface area contributed by atoms with Crippen LogP contribution in [0.4, 0.5) is 0 Å². The molecule has 1 atom stereocenters. The number of hydrogen-bond acceptors (Lipinski definition) is 3. The third-order valence-corrected chi connectivity index (χ3v) is 2.54. The first-order valence-corrected chi connectivity index (χ1v) is 5.68. The quantitative estimate of drug-likeness (QED) is 0.801. The van der Waals surface area contributed by atoms with Crippen molar-refractivity contribution in [3.63, 3.8) is 0 Å². The van der Waals surface area contributed by atoms with Crippen LogP contribution in [0, 0.1) is 0 Å². The van der Waals surface area contributed by atoms with E-state index in [1.807, 2.05) is 12.1 Å². The molecule has 0 saturated heterocycles. The highest BCUT2D eigenvalue weighted by atomic mass is 16.3. The first-order chi connectivity index (χ1) is 7.65. The number of amides is 1. The molecule has 0 bridgehead atoms. The Morgan fingerprint density at radius 1 is 1.62 bits per heavy atom. The Labute approximate surface area is 96.4 Å². The van der Waals surface area contributed by atoms with Gasteiger partial charge in [0.05, 0.1) is 18.8 Å². The number of carbonyl (C=O) groups is 1. The van der Waals surface area contributed by atoms with Crippen molar-refractivity contribution in [2.45, 2.75) is 38.8 Å². The third-order valence-electron chi connectivity index (χ3n) is 2.54. The van der Waals surface area contributed by atoms with Crippen LogP contribution >= 0.6 is 0 Å². The zero-order valence-electron chi connectivity index (χ0n) is 9.98. The molecule has 1 heterocycles. The van der Waals surface area contributed by atoms with Crippen molar-refractivity contribution < 1.29 is 9.21 Å². The summed E-state index contributed by atoms with van der Waals surface area (Å²) in [7, 11) is 1.75. The monoisotopic (exact) mass is 224 g/mol. The lowest BCUT2D eigenvalue weighted by Crippen LogP contribution is -2.41. The molecule has 2 N–H and O–H groups in total.